The highest BCUT2D eigenvalue weighted by Gasteiger charge is 2.09. The van der Waals surface area contributed by atoms with E-state index in [9.17, 15) is 0 Å². The molecule has 1 aromatic carbocycles. The second kappa shape index (κ2) is 13.2. The first kappa shape index (κ1) is 22.3. The zero-order valence-electron chi connectivity index (χ0n) is 17.0. The van der Waals surface area contributed by atoms with Crippen molar-refractivity contribution < 1.29 is 19.7 Å². The predicted octanol–water partition coefficient (Wildman–Crippen LogP) is 4.91. The molecule has 0 aliphatic heterocycles. The Morgan fingerprint density at radius 1 is 0.857 bits per heavy atom. The summed E-state index contributed by atoms with van der Waals surface area (Å²) in [5.74, 6) is 1.93. The minimum atomic E-state index is 0.109. The lowest BCUT2D eigenvalue weighted by molar-refractivity contribution is 0.228. The molecule has 0 bridgehead atoms. The first-order chi connectivity index (χ1) is 13.8. The third-order valence-electron chi connectivity index (χ3n) is 4.65. The van der Waals surface area contributed by atoms with Crippen LogP contribution < -0.4 is 9.47 Å². The molecule has 0 spiro atoms. The smallest absolute Gasteiger partial charge is 0.123 e. The summed E-state index contributed by atoms with van der Waals surface area (Å²) in [6.07, 6.45) is 17.1. The molecule has 1 atom stereocenters. The Kier molecular flexibility index (Phi) is 10.5. The first-order valence-corrected chi connectivity index (χ1v) is 10.5. The van der Waals surface area contributed by atoms with Crippen LogP contribution in [0.3, 0.4) is 0 Å². The molecule has 0 saturated heterocycles. The van der Waals surface area contributed by atoms with E-state index in [4.69, 9.17) is 19.7 Å². The van der Waals surface area contributed by atoms with Crippen LogP contribution in [-0.4, -0.2) is 36.6 Å². The number of benzene rings is 1. The van der Waals surface area contributed by atoms with Gasteiger partial charge < -0.3 is 19.7 Å². The van der Waals surface area contributed by atoms with Gasteiger partial charge in [-0.15, -0.1) is 0 Å². The molecule has 0 fully saturated rings. The standard InChI is InChI=1S/C24H34O4/c1-2-3-4-8-20-9-5-10-21(12-11-20)22-17-23(27-15-6-13-25)19-24(18-22)28-16-7-14-26/h5,9-12,17-20,25-26H,2-4,6-8,13-16H2,1H3. The van der Waals surface area contributed by atoms with Gasteiger partial charge in [0, 0.05) is 32.1 Å². The fourth-order valence-electron chi connectivity index (χ4n) is 3.08. The molecule has 2 rings (SSSR count). The lowest BCUT2D eigenvalue weighted by atomic mass is 9.99. The summed E-state index contributed by atoms with van der Waals surface area (Å²) in [6.45, 7) is 3.37. The normalized spacial score (nSPS) is 16.0. The van der Waals surface area contributed by atoms with Crippen molar-refractivity contribution in [2.24, 2.45) is 5.92 Å². The lowest BCUT2D eigenvalue weighted by Crippen LogP contribution is -2.03. The Morgan fingerprint density at radius 2 is 1.54 bits per heavy atom. The second-order valence-electron chi connectivity index (χ2n) is 7.07. The van der Waals surface area contributed by atoms with Crippen LogP contribution in [0.15, 0.2) is 48.6 Å². The van der Waals surface area contributed by atoms with Crippen molar-refractivity contribution in [3.8, 4) is 11.5 Å². The first-order valence-electron chi connectivity index (χ1n) is 10.5. The molecule has 0 heterocycles. The van der Waals surface area contributed by atoms with Gasteiger partial charge in [0.2, 0.25) is 0 Å². The number of aliphatic hydroxyl groups excluding tert-OH is 2. The molecular weight excluding hydrogens is 352 g/mol. The van der Waals surface area contributed by atoms with Gasteiger partial charge in [-0.2, -0.15) is 0 Å². The average molecular weight is 387 g/mol. The Hall–Kier alpha value is -2.04. The van der Waals surface area contributed by atoms with Gasteiger partial charge >= 0.3 is 0 Å². The van der Waals surface area contributed by atoms with Crippen molar-refractivity contribution in [1.29, 1.82) is 0 Å². The predicted molar refractivity (Wildman–Crippen MR) is 115 cm³/mol. The van der Waals surface area contributed by atoms with Crippen molar-refractivity contribution in [2.45, 2.75) is 45.4 Å². The van der Waals surface area contributed by atoms with Crippen molar-refractivity contribution in [2.75, 3.05) is 26.4 Å². The van der Waals surface area contributed by atoms with Crippen LogP contribution in [0.25, 0.3) is 5.57 Å². The number of ether oxygens (including phenoxy) is 2. The van der Waals surface area contributed by atoms with Crippen molar-refractivity contribution >= 4 is 5.57 Å². The lowest BCUT2D eigenvalue weighted by Gasteiger charge is -2.13. The zero-order valence-corrected chi connectivity index (χ0v) is 17.0. The summed E-state index contributed by atoms with van der Waals surface area (Å²) in [5, 5.41) is 18.0. The SMILES string of the molecule is CCCCCC1C=CC=C(c2cc(OCCCO)cc(OCCCO)c2)C=C1. The quantitative estimate of drug-likeness (QED) is 0.473. The van der Waals surface area contributed by atoms with E-state index in [1.807, 2.05) is 18.2 Å². The third-order valence-corrected chi connectivity index (χ3v) is 4.65. The molecule has 0 saturated carbocycles. The van der Waals surface area contributed by atoms with E-state index in [2.05, 4.69) is 37.3 Å². The maximum absolute atomic E-state index is 8.98. The summed E-state index contributed by atoms with van der Waals surface area (Å²) in [4.78, 5) is 0. The summed E-state index contributed by atoms with van der Waals surface area (Å²) in [5.41, 5.74) is 2.16. The van der Waals surface area contributed by atoms with Crippen LogP contribution in [0, 0.1) is 5.92 Å². The largest absolute Gasteiger partial charge is 0.493 e. The number of hydrogen-bond donors (Lipinski definition) is 2. The summed E-state index contributed by atoms with van der Waals surface area (Å²) in [6, 6.07) is 5.89. The number of unbranched alkanes of at least 4 members (excludes halogenated alkanes) is 2. The molecule has 0 amide bonds. The fraction of sp³-hybridized carbons (Fsp3) is 0.500. The molecule has 4 nitrogen and oxygen atoms in total. The van der Waals surface area contributed by atoms with Gasteiger partial charge in [0.1, 0.15) is 11.5 Å². The van der Waals surface area contributed by atoms with E-state index in [0.717, 1.165) is 22.6 Å². The monoisotopic (exact) mass is 386 g/mol. The van der Waals surface area contributed by atoms with E-state index in [-0.39, 0.29) is 13.2 Å². The van der Waals surface area contributed by atoms with Crippen LogP contribution in [0.1, 0.15) is 51.0 Å². The molecule has 1 aromatic rings. The maximum Gasteiger partial charge on any atom is 0.123 e. The van der Waals surface area contributed by atoms with E-state index in [1.165, 1.54) is 25.7 Å². The van der Waals surface area contributed by atoms with E-state index in [0.29, 0.717) is 32.0 Å². The van der Waals surface area contributed by atoms with Gasteiger partial charge in [-0.05, 0) is 35.6 Å². The molecular formula is C24H34O4. The maximum atomic E-state index is 8.98. The van der Waals surface area contributed by atoms with Crippen LogP contribution >= 0.6 is 0 Å². The van der Waals surface area contributed by atoms with Gasteiger partial charge in [0.15, 0.2) is 0 Å². The summed E-state index contributed by atoms with van der Waals surface area (Å²) < 4.78 is 11.6. The molecule has 1 aliphatic carbocycles. The molecule has 2 N–H and O–H groups in total. The Labute approximate surface area is 169 Å². The van der Waals surface area contributed by atoms with Crippen LogP contribution in [-0.2, 0) is 0 Å². The summed E-state index contributed by atoms with van der Waals surface area (Å²) >= 11 is 0. The van der Waals surface area contributed by atoms with E-state index < -0.39 is 0 Å². The van der Waals surface area contributed by atoms with E-state index in [1.54, 1.807) is 0 Å². The minimum absolute atomic E-state index is 0.109. The van der Waals surface area contributed by atoms with Crippen molar-refractivity contribution in [1.82, 2.24) is 0 Å². The molecule has 1 aliphatic rings. The van der Waals surface area contributed by atoms with Gasteiger partial charge in [-0.1, -0.05) is 56.6 Å². The summed E-state index contributed by atoms with van der Waals surface area (Å²) in [7, 11) is 0. The van der Waals surface area contributed by atoms with Gasteiger partial charge in [0.25, 0.3) is 0 Å². The number of rotatable bonds is 13. The zero-order chi connectivity index (χ0) is 20.0. The Bertz CT molecular complexity index is 632. The van der Waals surface area contributed by atoms with Crippen molar-refractivity contribution in [3.63, 3.8) is 0 Å². The number of hydrogen-bond acceptors (Lipinski definition) is 4. The van der Waals surface area contributed by atoms with Crippen LogP contribution in [0.5, 0.6) is 11.5 Å². The Balaban J connectivity index is 2.13. The molecule has 154 valence electrons. The molecule has 4 heteroatoms. The van der Waals surface area contributed by atoms with Crippen LogP contribution in [0.2, 0.25) is 0 Å². The van der Waals surface area contributed by atoms with Crippen molar-refractivity contribution in [3.05, 3.63) is 54.1 Å². The topological polar surface area (TPSA) is 58.9 Å². The molecule has 0 radical (unpaired) electrons. The molecule has 1 unspecified atom stereocenters. The van der Waals surface area contributed by atoms with E-state index >= 15 is 0 Å². The highest BCUT2D eigenvalue weighted by molar-refractivity contribution is 5.77. The average Bonchev–Trinajstić information content (AvgIpc) is 2.94. The fourth-order valence-corrected chi connectivity index (χ4v) is 3.08. The molecule has 0 aromatic heterocycles. The highest BCUT2D eigenvalue weighted by Crippen LogP contribution is 2.30. The Morgan fingerprint density at radius 3 is 2.14 bits per heavy atom. The number of allylic oxidation sites excluding steroid dienone is 6. The van der Waals surface area contributed by atoms with Gasteiger partial charge in [-0.3, -0.25) is 0 Å². The second-order valence-corrected chi connectivity index (χ2v) is 7.07. The number of aliphatic hydroxyl groups is 2. The van der Waals surface area contributed by atoms with Gasteiger partial charge in [-0.25, -0.2) is 0 Å². The van der Waals surface area contributed by atoms with Gasteiger partial charge in [0.05, 0.1) is 13.2 Å². The molecule has 28 heavy (non-hydrogen) atoms. The van der Waals surface area contributed by atoms with Crippen LogP contribution in [0.4, 0.5) is 0 Å². The minimum Gasteiger partial charge on any atom is -0.493 e. The highest BCUT2D eigenvalue weighted by atomic mass is 16.5. The third kappa shape index (κ3) is 7.91.